The molecule has 2 aromatic rings. The molecule has 0 amide bonds. The molecule has 0 unspecified atom stereocenters. The third-order valence-electron chi connectivity index (χ3n) is 3.65. The summed E-state index contributed by atoms with van der Waals surface area (Å²) < 4.78 is 0. The van der Waals surface area contributed by atoms with E-state index in [4.69, 9.17) is 0 Å². The molecule has 1 N–H and O–H groups in total. The second-order valence-corrected chi connectivity index (χ2v) is 4.94. The van der Waals surface area contributed by atoms with Gasteiger partial charge in [-0.2, -0.15) is 0 Å². The highest BCUT2D eigenvalue weighted by Gasteiger charge is 2.12. The molecule has 2 nitrogen and oxygen atoms in total. The molecule has 3 rings (SSSR count). The van der Waals surface area contributed by atoms with Gasteiger partial charge in [-0.25, -0.2) is 4.98 Å². The van der Waals surface area contributed by atoms with Gasteiger partial charge in [0, 0.05) is 12.2 Å². The monoisotopic (exact) mass is 238 g/mol. The first kappa shape index (κ1) is 11.3. The SMILES string of the molecule is Cc1ccccc1CNc1ccc2c(n1)CCC2. The highest BCUT2D eigenvalue weighted by molar-refractivity contribution is 5.41. The van der Waals surface area contributed by atoms with Gasteiger partial charge in [0.2, 0.25) is 0 Å². The largest absolute Gasteiger partial charge is 0.366 e. The fourth-order valence-corrected chi connectivity index (χ4v) is 2.51. The van der Waals surface area contributed by atoms with E-state index in [9.17, 15) is 0 Å². The van der Waals surface area contributed by atoms with Crippen LogP contribution in [0.2, 0.25) is 0 Å². The lowest BCUT2D eigenvalue weighted by Gasteiger charge is -2.09. The van der Waals surface area contributed by atoms with E-state index in [0.29, 0.717) is 0 Å². The standard InChI is InChI=1S/C16H18N2/c1-12-5-2-3-6-14(12)11-17-16-10-9-13-7-4-8-15(13)18-16/h2-3,5-6,9-10H,4,7-8,11H2,1H3,(H,17,18). The predicted molar refractivity (Wildman–Crippen MR) is 74.8 cm³/mol. The summed E-state index contributed by atoms with van der Waals surface area (Å²) in [6.07, 6.45) is 3.58. The van der Waals surface area contributed by atoms with Crippen molar-refractivity contribution in [3.63, 3.8) is 0 Å². The number of benzene rings is 1. The molecule has 0 atom stereocenters. The van der Waals surface area contributed by atoms with E-state index in [0.717, 1.165) is 18.8 Å². The fourth-order valence-electron chi connectivity index (χ4n) is 2.51. The summed E-state index contributed by atoms with van der Waals surface area (Å²) in [5.41, 5.74) is 5.37. The molecule has 1 aliphatic carbocycles. The van der Waals surface area contributed by atoms with Crippen LogP contribution in [-0.4, -0.2) is 4.98 Å². The van der Waals surface area contributed by atoms with Crippen molar-refractivity contribution in [2.45, 2.75) is 32.7 Å². The Kier molecular flexibility index (Phi) is 3.01. The van der Waals surface area contributed by atoms with E-state index in [2.05, 4.69) is 53.6 Å². The molecular weight excluding hydrogens is 220 g/mol. The van der Waals surface area contributed by atoms with Crippen molar-refractivity contribution in [3.8, 4) is 0 Å². The third-order valence-corrected chi connectivity index (χ3v) is 3.65. The van der Waals surface area contributed by atoms with Gasteiger partial charge < -0.3 is 5.32 Å². The Morgan fingerprint density at radius 1 is 1.11 bits per heavy atom. The maximum Gasteiger partial charge on any atom is 0.126 e. The smallest absolute Gasteiger partial charge is 0.126 e. The molecule has 0 fully saturated rings. The molecule has 18 heavy (non-hydrogen) atoms. The zero-order valence-corrected chi connectivity index (χ0v) is 10.7. The van der Waals surface area contributed by atoms with Crippen LogP contribution in [0.1, 0.15) is 28.8 Å². The van der Waals surface area contributed by atoms with E-state index in [1.54, 1.807) is 0 Å². The first-order valence-electron chi connectivity index (χ1n) is 6.60. The van der Waals surface area contributed by atoms with Gasteiger partial charge in [0.05, 0.1) is 0 Å². The van der Waals surface area contributed by atoms with Gasteiger partial charge >= 0.3 is 0 Å². The zero-order valence-electron chi connectivity index (χ0n) is 10.7. The van der Waals surface area contributed by atoms with Crippen molar-refractivity contribution in [3.05, 3.63) is 58.8 Å². The molecule has 0 aliphatic heterocycles. The fraction of sp³-hybridized carbons (Fsp3) is 0.312. The van der Waals surface area contributed by atoms with Crippen LogP contribution in [0.25, 0.3) is 0 Å². The summed E-state index contributed by atoms with van der Waals surface area (Å²) >= 11 is 0. The van der Waals surface area contributed by atoms with Crippen LogP contribution in [-0.2, 0) is 19.4 Å². The average molecular weight is 238 g/mol. The number of aryl methyl sites for hydroxylation is 3. The van der Waals surface area contributed by atoms with Crippen molar-refractivity contribution >= 4 is 5.82 Å². The van der Waals surface area contributed by atoms with Gasteiger partial charge in [-0.3, -0.25) is 0 Å². The molecule has 0 saturated heterocycles. The number of nitrogens with one attached hydrogen (secondary N) is 1. The van der Waals surface area contributed by atoms with Crippen molar-refractivity contribution in [2.24, 2.45) is 0 Å². The number of hydrogen-bond acceptors (Lipinski definition) is 2. The molecule has 0 radical (unpaired) electrons. The molecule has 1 aromatic heterocycles. The van der Waals surface area contributed by atoms with Crippen LogP contribution >= 0.6 is 0 Å². The zero-order chi connectivity index (χ0) is 12.4. The summed E-state index contributed by atoms with van der Waals surface area (Å²) in [6.45, 7) is 2.99. The van der Waals surface area contributed by atoms with E-state index in [1.807, 2.05) is 0 Å². The van der Waals surface area contributed by atoms with E-state index in [1.165, 1.54) is 35.2 Å². The first-order valence-corrected chi connectivity index (χ1v) is 6.60. The van der Waals surface area contributed by atoms with E-state index < -0.39 is 0 Å². The summed E-state index contributed by atoms with van der Waals surface area (Å²) in [7, 11) is 0. The van der Waals surface area contributed by atoms with Crippen LogP contribution in [0.15, 0.2) is 36.4 Å². The summed E-state index contributed by atoms with van der Waals surface area (Å²) in [6, 6.07) is 12.8. The van der Waals surface area contributed by atoms with E-state index >= 15 is 0 Å². The molecular formula is C16H18N2. The average Bonchev–Trinajstić information content (AvgIpc) is 2.85. The third kappa shape index (κ3) is 2.23. The Balaban J connectivity index is 1.72. The number of fused-ring (bicyclic) bond motifs is 1. The van der Waals surface area contributed by atoms with Crippen LogP contribution < -0.4 is 5.32 Å². The topological polar surface area (TPSA) is 24.9 Å². The quantitative estimate of drug-likeness (QED) is 0.885. The van der Waals surface area contributed by atoms with Crippen LogP contribution in [0.4, 0.5) is 5.82 Å². The Morgan fingerprint density at radius 2 is 2.00 bits per heavy atom. The summed E-state index contributed by atoms with van der Waals surface area (Å²) in [5, 5.41) is 3.42. The van der Waals surface area contributed by atoms with Crippen LogP contribution in [0.3, 0.4) is 0 Å². The van der Waals surface area contributed by atoms with Gasteiger partial charge in [0.15, 0.2) is 0 Å². The first-order chi connectivity index (χ1) is 8.83. The lowest BCUT2D eigenvalue weighted by atomic mass is 10.1. The Bertz CT molecular complexity index is 561. The highest BCUT2D eigenvalue weighted by atomic mass is 15.0. The molecule has 92 valence electrons. The number of aromatic nitrogens is 1. The van der Waals surface area contributed by atoms with Crippen LogP contribution in [0, 0.1) is 6.92 Å². The number of nitrogens with zero attached hydrogens (tertiary/aromatic N) is 1. The summed E-state index contributed by atoms with van der Waals surface area (Å²) in [4.78, 5) is 4.69. The number of anilines is 1. The molecule has 0 bridgehead atoms. The van der Waals surface area contributed by atoms with Crippen LogP contribution in [0.5, 0.6) is 0 Å². The number of pyridine rings is 1. The molecule has 2 heteroatoms. The van der Waals surface area contributed by atoms with Gasteiger partial charge in [0.1, 0.15) is 5.82 Å². The normalized spacial score (nSPS) is 13.4. The minimum atomic E-state index is 0.846. The molecule has 1 heterocycles. The molecule has 0 spiro atoms. The Labute approximate surface area is 108 Å². The number of hydrogen-bond donors (Lipinski definition) is 1. The Morgan fingerprint density at radius 3 is 2.89 bits per heavy atom. The maximum atomic E-state index is 4.69. The minimum absolute atomic E-state index is 0.846. The summed E-state index contributed by atoms with van der Waals surface area (Å²) in [5.74, 6) is 0.999. The highest BCUT2D eigenvalue weighted by Crippen LogP contribution is 2.21. The van der Waals surface area contributed by atoms with E-state index in [-0.39, 0.29) is 0 Å². The predicted octanol–water partition coefficient (Wildman–Crippen LogP) is 3.49. The lowest BCUT2D eigenvalue weighted by molar-refractivity contribution is 0.899. The van der Waals surface area contributed by atoms with Gasteiger partial charge in [-0.05, 0) is 48.9 Å². The number of rotatable bonds is 3. The van der Waals surface area contributed by atoms with Crippen molar-refractivity contribution in [1.82, 2.24) is 4.98 Å². The molecule has 0 saturated carbocycles. The van der Waals surface area contributed by atoms with Crippen molar-refractivity contribution in [2.75, 3.05) is 5.32 Å². The maximum absolute atomic E-state index is 4.69. The molecule has 1 aliphatic rings. The van der Waals surface area contributed by atoms with Crippen molar-refractivity contribution < 1.29 is 0 Å². The second-order valence-electron chi connectivity index (χ2n) is 4.94. The van der Waals surface area contributed by atoms with Gasteiger partial charge in [0.25, 0.3) is 0 Å². The van der Waals surface area contributed by atoms with Gasteiger partial charge in [-0.15, -0.1) is 0 Å². The lowest BCUT2D eigenvalue weighted by Crippen LogP contribution is -2.04. The second kappa shape index (κ2) is 4.81. The van der Waals surface area contributed by atoms with Crippen molar-refractivity contribution in [1.29, 1.82) is 0 Å². The Hall–Kier alpha value is -1.83. The molecule has 1 aromatic carbocycles. The minimum Gasteiger partial charge on any atom is -0.366 e. The van der Waals surface area contributed by atoms with Gasteiger partial charge in [-0.1, -0.05) is 30.3 Å².